The number of rotatable bonds is 3. The van der Waals surface area contributed by atoms with Crippen LogP contribution in [0.1, 0.15) is 53.7 Å². The number of hydrogen-bond acceptors (Lipinski definition) is 6. The second kappa shape index (κ2) is 6.42. The number of aromatic nitrogens is 3. The predicted molar refractivity (Wildman–Crippen MR) is 83.3 cm³/mol. The second-order valence-corrected chi connectivity index (χ2v) is 6.03. The van der Waals surface area contributed by atoms with Crippen LogP contribution in [-0.4, -0.2) is 37.2 Å². The highest BCUT2D eigenvalue weighted by molar-refractivity contribution is 5.96. The fraction of sp³-hybridized carbons (Fsp3) is 0.533. The third-order valence-electron chi connectivity index (χ3n) is 4.20. The summed E-state index contributed by atoms with van der Waals surface area (Å²) in [6.45, 7) is 2.33. The molecule has 128 valence electrons. The van der Waals surface area contributed by atoms with Crippen LogP contribution in [0.4, 0.5) is 5.69 Å². The first-order chi connectivity index (χ1) is 11.5. The molecule has 0 saturated carbocycles. The molecule has 1 saturated heterocycles. The van der Waals surface area contributed by atoms with E-state index in [9.17, 15) is 14.9 Å². The van der Waals surface area contributed by atoms with Crippen molar-refractivity contribution in [2.24, 2.45) is 7.05 Å². The van der Waals surface area contributed by atoms with Crippen LogP contribution in [0.25, 0.3) is 0 Å². The zero-order chi connectivity index (χ0) is 17.3. The van der Waals surface area contributed by atoms with Crippen molar-refractivity contribution in [3.05, 3.63) is 39.5 Å². The van der Waals surface area contributed by atoms with Gasteiger partial charge >= 0.3 is 5.69 Å². The van der Waals surface area contributed by atoms with E-state index in [2.05, 4.69) is 10.3 Å². The smallest absolute Gasteiger partial charge is 0.320 e. The predicted octanol–water partition coefficient (Wildman–Crippen LogP) is 2.38. The summed E-state index contributed by atoms with van der Waals surface area (Å²) in [5.74, 6) is 0.171. The maximum Gasteiger partial charge on any atom is 0.320 e. The molecular weight excluding hydrogens is 314 g/mol. The zero-order valence-corrected chi connectivity index (χ0v) is 13.6. The second-order valence-electron chi connectivity index (χ2n) is 6.03. The summed E-state index contributed by atoms with van der Waals surface area (Å²) in [4.78, 5) is 25.2. The summed E-state index contributed by atoms with van der Waals surface area (Å²) >= 11 is 0. The van der Waals surface area contributed by atoms with E-state index in [-0.39, 0.29) is 17.4 Å². The number of carbonyl (C=O) groups excluding carboxylic acids is 1. The lowest BCUT2D eigenvalue weighted by molar-refractivity contribution is -0.385. The van der Waals surface area contributed by atoms with E-state index in [0.717, 1.165) is 31.4 Å². The molecule has 0 spiro atoms. The molecule has 0 N–H and O–H groups in total. The van der Waals surface area contributed by atoms with Crippen LogP contribution in [0.5, 0.6) is 0 Å². The lowest BCUT2D eigenvalue weighted by atomic mass is 10.1. The summed E-state index contributed by atoms with van der Waals surface area (Å²) in [6, 6.07) is 1.53. The van der Waals surface area contributed by atoms with E-state index < -0.39 is 10.8 Å². The maximum absolute atomic E-state index is 13.0. The van der Waals surface area contributed by atoms with Gasteiger partial charge in [-0.3, -0.25) is 19.6 Å². The minimum absolute atomic E-state index is 0.134. The minimum atomic E-state index is -0.578. The standard InChI is InChI=1S/C15H19N5O4/c1-10-8-13(24-17-10)11-6-4-3-5-7-19(11)15(21)14-12(20(22)23)9-18(2)16-14/h8-9,11H,3-7H2,1-2H3/t11-/m0/s1. The van der Waals surface area contributed by atoms with Gasteiger partial charge in [0.05, 0.1) is 16.7 Å². The Labute approximate surface area is 138 Å². The van der Waals surface area contributed by atoms with Gasteiger partial charge in [-0.15, -0.1) is 0 Å². The molecule has 1 aliphatic heterocycles. The van der Waals surface area contributed by atoms with Crippen molar-refractivity contribution in [1.82, 2.24) is 19.8 Å². The van der Waals surface area contributed by atoms with Gasteiger partial charge in [-0.1, -0.05) is 18.0 Å². The number of likely N-dealkylation sites (tertiary alicyclic amines) is 1. The highest BCUT2D eigenvalue weighted by atomic mass is 16.6. The molecule has 3 heterocycles. The topological polar surface area (TPSA) is 107 Å². The lowest BCUT2D eigenvalue weighted by Gasteiger charge is -2.27. The fourth-order valence-corrected chi connectivity index (χ4v) is 3.09. The maximum atomic E-state index is 13.0. The lowest BCUT2D eigenvalue weighted by Crippen LogP contribution is -2.35. The Bertz CT molecular complexity index is 766. The molecule has 0 unspecified atom stereocenters. The van der Waals surface area contributed by atoms with Crippen LogP contribution in [-0.2, 0) is 7.05 Å². The Morgan fingerprint density at radius 2 is 2.21 bits per heavy atom. The van der Waals surface area contributed by atoms with E-state index in [0.29, 0.717) is 12.3 Å². The SMILES string of the molecule is Cc1cc([C@@H]2CCCCCN2C(=O)c2nn(C)cc2[N+](=O)[O-])on1. The Morgan fingerprint density at radius 3 is 2.88 bits per heavy atom. The van der Waals surface area contributed by atoms with E-state index in [1.807, 2.05) is 13.0 Å². The van der Waals surface area contributed by atoms with Crippen LogP contribution in [0, 0.1) is 17.0 Å². The average Bonchev–Trinajstić information content (AvgIpc) is 3.05. The van der Waals surface area contributed by atoms with Gasteiger partial charge in [-0.05, 0) is 19.8 Å². The van der Waals surface area contributed by atoms with Gasteiger partial charge in [0, 0.05) is 19.7 Å². The molecule has 0 bridgehead atoms. The van der Waals surface area contributed by atoms with E-state index in [1.165, 1.54) is 10.9 Å². The van der Waals surface area contributed by atoms with Crippen molar-refractivity contribution in [1.29, 1.82) is 0 Å². The van der Waals surface area contributed by atoms with Gasteiger partial charge in [-0.2, -0.15) is 5.10 Å². The van der Waals surface area contributed by atoms with Crippen LogP contribution >= 0.6 is 0 Å². The molecule has 24 heavy (non-hydrogen) atoms. The molecule has 9 nitrogen and oxygen atoms in total. The summed E-state index contributed by atoms with van der Waals surface area (Å²) in [7, 11) is 1.56. The number of carbonyl (C=O) groups is 1. The zero-order valence-electron chi connectivity index (χ0n) is 13.6. The van der Waals surface area contributed by atoms with Gasteiger partial charge in [-0.25, -0.2) is 0 Å². The molecule has 0 radical (unpaired) electrons. The van der Waals surface area contributed by atoms with E-state index in [4.69, 9.17) is 4.52 Å². The van der Waals surface area contributed by atoms with Gasteiger partial charge in [0.2, 0.25) is 5.69 Å². The summed E-state index contributed by atoms with van der Waals surface area (Å²) in [6.07, 6.45) is 4.78. The quantitative estimate of drug-likeness (QED) is 0.630. The minimum Gasteiger partial charge on any atom is -0.359 e. The molecule has 1 fully saturated rings. The Hall–Kier alpha value is -2.71. The molecule has 1 amide bonds. The largest absolute Gasteiger partial charge is 0.359 e. The van der Waals surface area contributed by atoms with Crippen LogP contribution in [0.15, 0.2) is 16.8 Å². The van der Waals surface area contributed by atoms with Gasteiger partial charge in [0.25, 0.3) is 5.91 Å². The Balaban J connectivity index is 1.97. The first-order valence-electron chi connectivity index (χ1n) is 7.89. The van der Waals surface area contributed by atoms with Crippen molar-refractivity contribution in [3.8, 4) is 0 Å². The van der Waals surface area contributed by atoms with Crippen molar-refractivity contribution in [2.45, 2.75) is 38.6 Å². The summed E-state index contributed by atoms with van der Waals surface area (Å²) in [5.41, 5.74) is 0.329. The number of amides is 1. The summed E-state index contributed by atoms with van der Waals surface area (Å²) < 4.78 is 6.64. The number of nitrogens with zero attached hydrogens (tertiary/aromatic N) is 5. The highest BCUT2D eigenvalue weighted by Gasteiger charge is 2.35. The number of hydrogen-bond donors (Lipinski definition) is 0. The monoisotopic (exact) mass is 333 g/mol. The van der Waals surface area contributed by atoms with Crippen LogP contribution in [0.2, 0.25) is 0 Å². The van der Waals surface area contributed by atoms with Crippen LogP contribution in [0.3, 0.4) is 0 Å². The average molecular weight is 333 g/mol. The van der Waals surface area contributed by atoms with E-state index >= 15 is 0 Å². The molecule has 1 atom stereocenters. The van der Waals surface area contributed by atoms with Gasteiger partial charge in [0.15, 0.2) is 5.76 Å². The van der Waals surface area contributed by atoms with Gasteiger partial charge in [0.1, 0.15) is 6.20 Å². The normalized spacial score (nSPS) is 18.4. The number of aryl methyl sites for hydroxylation is 2. The first-order valence-corrected chi connectivity index (χ1v) is 7.89. The molecule has 1 aliphatic rings. The number of nitro groups is 1. The van der Waals surface area contributed by atoms with Crippen molar-refractivity contribution in [2.75, 3.05) is 6.54 Å². The molecular formula is C15H19N5O4. The van der Waals surface area contributed by atoms with Crippen LogP contribution < -0.4 is 0 Å². The fourth-order valence-electron chi connectivity index (χ4n) is 3.09. The molecule has 9 heteroatoms. The molecule has 3 rings (SSSR count). The third kappa shape index (κ3) is 3.01. The van der Waals surface area contributed by atoms with Crippen molar-refractivity contribution >= 4 is 11.6 Å². The molecule has 0 aromatic carbocycles. The molecule has 2 aromatic heterocycles. The highest BCUT2D eigenvalue weighted by Crippen LogP contribution is 2.32. The van der Waals surface area contributed by atoms with Gasteiger partial charge < -0.3 is 9.42 Å². The molecule has 0 aliphatic carbocycles. The first kappa shape index (κ1) is 16.2. The van der Waals surface area contributed by atoms with E-state index in [1.54, 1.807) is 11.9 Å². The molecule has 2 aromatic rings. The Kier molecular flexibility index (Phi) is 4.32. The summed E-state index contributed by atoms with van der Waals surface area (Å²) in [5, 5.41) is 19.1. The Morgan fingerprint density at radius 1 is 1.42 bits per heavy atom. The van der Waals surface area contributed by atoms with Crippen molar-refractivity contribution < 1.29 is 14.2 Å². The third-order valence-corrected chi connectivity index (χ3v) is 4.20. The van der Waals surface area contributed by atoms with Crippen molar-refractivity contribution in [3.63, 3.8) is 0 Å².